The average Bonchev–Trinajstić information content (AvgIpc) is 3.34. The van der Waals surface area contributed by atoms with E-state index in [-0.39, 0.29) is 18.5 Å². The second kappa shape index (κ2) is 9.84. The van der Waals surface area contributed by atoms with Gasteiger partial charge in [-0.3, -0.25) is 9.11 Å². The molecule has 1 aliphatic rings. The molecule has 0 atom stereocenters. The van der Waals surface area contributed by atoms with Gasteiger partial charge in [0, 0.05) is 52.7 Å². The van der Waals surface area contributed by atoms with Crippen LogP contribution in [0.25, 0.3) is 11.5 Å². The molecule has 0 saturated carbocycles. The highest BCUT2D eigenvalue weighted by atomic mass is 32.2. The maximum Gasteiger partial charge on any atom is 0.470 e. The van der Waals surface area contributed by atoms with Crippen molar-refractivity contribution in [3.8, 4) is 17.2 Å². The van der Waals surface area contributed by atoms with Gasteiger partial charge in [-0.15, -0.1) is 10.2 Å². The molecule has 12 heteroatoms. The van der Waals surface area contributed by atoms with E-state index in [9.17, 15) is 22.2 Å². The smallest absolute Gasteiger partial charge is 0.470 e. The van der Waals surface area contributed by atoms with Crippen molar-refractivity contribution in [1.29, 1.82) is 0 Å². The first kappa shape index (κ1) is 23.7. The summed E-state index contributed by atoms with van der Waals surface area (Å²) in [6, 6.07) is 13.3. The molecule has 2 heterocycles. The number of urea groups is 1. The van der Waals surface area contributed by atoms with Crippen LogP contribution >= 0.6 is 0 Å². The first-order valence-electron chi connectivity index (χ1n) is 10.3. The molecule has 1 aliphatic heterocycles. The van der Waals surface area contributed by atoms with E-state index in [1.807, 2.05) is 0 Å². The summed E-state index contributed by atoms with van der Waals surface area (Å²) < 4.78 is 59.9. The minimum atomic E-state index is -4.72. The first-order valence-corrected chi connectivity index (χ1v) is 11.8. The van der Waals surface area contributed by atoms with Gasteiger partial charge in [-0.05, 0) is 29.8 Å². The number of halogens is 3. The number of methoxy groups -OCH3 is 1. The predicted octanol–water partition coefficient (Wildman–Crippen LogP) is 3.95. The molecule has 2 amide bonds. The van der Waals surface area contributed by atoms with Gasteiger partial charge in [0.1, 0.15) is 5.75 Å². The van der Waals surface area contributed by atoms with Gasteiger partial charge in [0.15, 0.2) is 0 Å². The molecule has 0 bridgehead atoms. The summed E-state index contributed by atoms with van der Waals surface area (Å²) in [6.07, 6.45) is -4.72. The van der Waals surface area contributed by atoms with Crippen molar-refractivity contribution in [2.75, 3.05) is 36.6 Å². The Bertz CT molecular complexity index is 1170. The minimum Gasteiger partial charge on any atom is -0.497 e. The van der Waals surface area contributed by atoms with E-state index in [2.05, 4.69) is 10.2 Å². The largest absolute Gasteiger partial charge is 0.497 e. The molecular formula is C22H21F3N4O4S. The average molecular weight is 494 g/mol. The molecule has 0 spiro atoms. The van der Waals surface area contributed by atoms with Crippen molar-refractivity contribution in [3.63, 3.8) is 0 Å². The third-order valence-corrected chi connectivity index (χ3v) is 6.53. The van der Waals surface area contributed by atoms with Gasteiger partial charge < -0.3 is 14.1 Å². The van der Waals surface area contributed by atoms with Crippen LogP contribution in [0, 0.1) is 0 Å². The molecule has 0 radical (unpaired) electrons. The van der Waals surface area contributed by atoms with E-state index >= 15 is 0 Å². The Kier molecular flexibility index (Phi) is 6.87. The van der Waals surface area contributed by atoms with Crippen molar-refractivity contribution in [2.45, 2.75) is 12.7 Å². The zero-order chi connectivity index (χ0) is 24.3. The SMILES string of the molecule is COc1cccc(N(Cc2ccc(-c3nnc(C(F)(F)F)o3)cc2)C(=O)N2CCS(=O)CC2)c1. The third kappa shape index (κ3) is 5.38. The summed E-state index contributed by atoms with van der Waals surface area (Å²) in [5, 5.41) is 6.50. The number of nitrogens with zero attached hydrogens (tertiary/aromatic N) is 4. The molecule has 4 rings (SSSR count). The third-order valence-electron chi connectivity index (χ3n) is 5.25. The highest BCUT2D eigenvalue weighted by Crippen LogP contribution is 2.31. The Morgan fingerprint density at radius 3 is 2.47 bits per heavy atom. The van der Waals surface area contributed by atoms with Crippen molar-refractivity contribution >= 4 is 22.5 Å². The highest BCUT2D eigenvalue weighted by Gasteiger charge is 2.38. The molecule has 1 fully saturated rings. The number of ether oxygens (including phenoxy) is 1. The van der Waals surface area contributed by atoms with Gasteiger partial charge in [0.25, 0.3) is 0 Å². The van der Waals surface area contributed by atoms with Crippen molar-refractivity contribution in [1.82, 2.24) is 15.1 Å². The molecule has 0 unspecified atom stereocenters. The molecule has 0 aliphatic carbocycles. The predicted molar refractivity (Wildman–Crippen MR) is 119 cm³/mol. The topological polar surface area (TPSA) is 88.8 Å². The van der Waals surface area contributed by atoms with Crippen molar-refractivity contribution in [3.05, 3.63) is 60.0 Å². The van der Waals surface area contributed by atoms with E-state index in [1.165, 1.54) is 7.11 Å². The number of carbonyl (C=O) groups is 1. The summed E-state index contributed by atoms with van der Waals surface area (Å²) in [5.74, 6) is -0.223. The summed E-state index contributed by atoms with van der Waals surface area (Å²) in [5.41, 5.74) is 1.67. The van der Waals surface area contributed by atoms with Crippen LogP contribution in [-0.4, -0.2) is 57.0 Å². The molecule has 3 aromatic rings. The number of aromatic nitrogens is 2. The minimum absolute atomic E-state index is 0.198. The van der Waals surface area contributed by atoms with Gasteiger partial charge in [-0.25, -0.2) is 4.79 Å². The molecule has 0 N–H and O–H groups in total. The number of anilines is 1. The molecule has 1 aromatic heterocycles. The van der Waals surface area contributed by atoms with Crippen LogP contribution in [-0.2, 0) is 23.5 Å². The van der Waals surface area contributed by atoms with Gasteiger partial charge in [0.2, 0.25) is 5.89 Å². The van der Waals surface area contributed by atoms with Gasteiger partial charge >= 0.3 is 18.1 Å². The lowest BCUT2D eigenvalue weighted by Crippen LogP contribution is -2.48. The number of amides is 2. The molecule has 180 valence electrons. The van der Waals surface area contributed by atoms with E-state index in [0.29, 0.717) is 41.6 Å². The second-order valence-corrected chi connectivity index (χ2v) is 9.21. The van der Waals surface area contributed by atoms with E-state index in [4.69, 9.17) is 9.15 Å². The van der Waals surface area contributed by atoms with Crippen LogP contribution in [0.4, 0.5) is 23.7 Å². The van der Waals surface area contributed by atoms with Crippen molar-refractivity contribution in [2.24, 2.45) is 0 Å². The number of alkyl halides is 3. The molecule has 2 aromatic carbocycles. The van der Waals surface area contributed by atoms with Crippen LogP contribution in [0.15, 0.2) is 52.9 Å². The monoisotopic (exact) mass is 494 g/mol. The standard InChI is InChI=1S/C22H21F3N4O4S/c1-32-18-4-2-3-17(13-18)29(21(30)28-9-11-34(31)12-10-28)14-15-5-7-16(8-6-15)19-26-27-20(33-19)22(23,24)25/h2-8,13H,9-12,14H2,1H3. The summed E-state index contributed by atoms with van der Waals surface area (Å²) >= 11 is 0. The number of rotatable bonds is 5. The number of hydrogen-bond donors (Lipinski definition) is 0. The molecule has 34 heavy (non-hydrogen) atoms. The fraction of sp³-hybridized carbons (Fsp3) is 0.318. The maximum absolute atomic E-state index is 13.4. The lowest BCUT2D eigenvalue weighted by Gasteiger charge is -2.33. The first-order chi connectivity index (χ1) is 16.2. The van der Waals surface area contributed by atoms with E-state index in [0.717, 1.165) is 5.56 Å². The van der Waals surface area contributed by atoms with Crippen LogP contribution in [0.3, 0.4) is 0 Å². The summed E-state index contributed by atoms with van der Waals surface area (Å²) in [6.45, 7) is 0.983. The number of carbonyl (C=O) groups excluding carboxylic acids is 1. The molecular weight excluding hydrogens is 473 g/mol. The normalized spacial score (nSPS) is 14.8. The number of benzene rings is 2. The van der Waals surface area contributed by atoms with Crippen molar-refractivity contribution < 1.29 is 31.3 Å². The van der Waals surface area contributed by atoms with E-state index < -0.39 is 22.9 Å². The Morgan fingerprint density at radius 1 is 1.15 bits per heavy atom. The quantitative estimate of drug-likeness (QED) is 0.534. The fourth-order valence-corrected chi connectivity index (χ4v) is 4.49. The zero-order valence-electron chi connectivity index (χ0n) is 18.1. The fourth-order valence-electron chi connectivity index (χ4n) is 3.44. The molecule has 8 nitrogen and oxygen atoms in total. The lowest BCUT2D eigenvalue weighted by molar-refractivity contribution is -0.156. The van der Waals surface area contributed by atoms with E-state index in [1.54, 1.807) is 58.3 Å². The number of hydrogen-bond acceptors (Lipinski definition) is 6. The van der Waals surface area contributed by atoms with Crippen LogP contribution in [0.5, 0.6) is 5.75 Å². The Morgan fingerprint density at radius 2 is 1.85 bits per heavy atom. The Labute approximate surface area is 195 Å². The summed E-state index contributed by atoms with van der Waals surface area (Å²) in [4.78, 5) is 16.6. The second-order valence-electron chi connectivity index (χ2n) is 7.51. The van der Waals surface area contributed by atoms with Gasteiger partial charge in [-0.2, -0.15) is 13.2 Å². The molecule has 1 saturated heterocycles. The lowest BCUT2D eigenvalue weighted by atomic mass is 10.1. The van der Waals surface area contributed by atoms with Gasteiger partial charge in [-0.1, -0.05) is 18.2 Å². The highest BCUT2D eigenvalue weighted by molar-refractivity contribution is 7.85. The van der Waals surface area contributed by atoms with Crippen LogP contribution < -0.4 is 9.64 Å². The maximum atomic E-state index is 13.4. The summed E-state index contributed by atoms with van der Waals surface area (Å²) in [7, 11) is 0.608. The van der Waals surface area contributed by atoms with Crippen LogP contribution in [0.2, 0.25) is 0 Å². The Balaban J connectivity index is 1.57. The zero-order valence-corrected chi connectivity index (χ0v) is 18.9. The van der Waals surface area contributed by atoms with Gasteiger partial charge in [0.05, 0.1) is 13.7 Å². The van der Waals surface area contributed by atoms with Crippen LogP contribution in [0.1, 0.15) is 11.5 Å². The Hall–Kier alpha value is -3.41.